The second-order valence-electron chi connectivity index (χ2n) is 6.68. The minimum Gasteiger partial charge on any atom is -0.396 e. The number of morpholine rings is 1. The van der Waals surface area contributed by atoms with Crippen molar-refractivity contribution in [3.63, 3.8) is 0 Å². The maximum Gasteiger partial charge on any atom is 0.191 e. The number of aliphatic hydroxyl groups is 1. The topological polar surface area (TPSA) is 82.0 Å². The van der Waals surface area contributed by atoms with Crippen LogP contribution in [0.15, 0.2) is 53.7 Å². The Balaban J connectivity index is 1.57. The van der Waals surface area contributed by atoms with Gasteiger partial charge >= 0.3 is 0 Å². The Morgan fingerprint density at radius 3 is 2.68 bits per heavy atom. The van der Waals surface area contributed by atoms with E-state index in [1.165, 1.54) is 0 Å². The van der Waals surface area contributed by atoms with Crippen molar-refractivity contribution in [2.45, 2.75) is 12.5 Å². The maximum absolute atomic E-state index is 9.73. The van der Waals surface area contributed by atoms with Crippen LogP contribution in [-0.4, -0.2) is 62.6 Å². The zero-order chi connectivity index (χ0) is 19.6. The molecule has 150 valence electrons. The number of benzene rings is 1. The SMILES string of the molecule is CN=C(NCc1cccnc1N1CCOCC1)NCC(CO)c1ccccc1. The van der Waals surface area contributed by atoms with Crippen LogP contribution in [0.5, 0.6) is 0 Å². The van der Waals surface area contributed by atoms with Gasteiger partial charge in [-0.2, -0.15) is 0 Å². The Kier molecular flexibility index (Phi) is 7.63. The van der Waals surface area contributed by atoms with E-state index in [2.05, 4.69) is 31.6 Å². The number of aliphatic imine (C=N–C) groups is 1. The van der Waals surface area contributed by atoms with E-state index >= 15 is 0 Å². The van der Waals surface area contributed by atoms with Crippen molar-refractivity contribution in [2.75, 3.05) is 51.4 Å². The summed E-state index contributed by atoms with van der Waals surface area (Å²) < 4.78 is 5.44. The van der Waals surface area contributed by atoms with Crippen LogP contribution in [0, 0.1) is 0 Å². The molecule has 2 heterocycles. The summed E-state index contributed by atoms with van der Waals surface area (Å²) in [5.74, 6) is 1.71. The number of aliphatic hydroxyl groups excluding tert-OH is 1. The van der Waals surface area contributed by atoms with Crippen LogP contribution in [0.4, 0.5) is 5.82 Å². The number of aromatic nitrogens is 1. The van der Waals surface area contributed by atoms with Crippen LogP contribution >= 0.6 is 0 Å². The first-order chi connectivity index (χ1) is 13.8. The lowest BCUT2D eigenvalue weighted by Crippen LogP contribution is -2.40. The highest BCUT2D eigenvalue weighted by Gasteiger charge is 2.16. The normalized spacial score (nSPS) is 15.9. The predicted octanol–water partition coefficient (Wildman–Crippen LogP) is 1.36. The van der Waals surface area contributed by atoms with Crippen molar-refractivity contribution < 1.29 is 9.84 Å². The van der Waals surface area contributed by atoms with Crippen molar-refractivity contribution >= 4 is 11.8 Å². The zero-order valence-corrected chi connectivity index (χ0v) is 16.3. The highest BCUT2D eigenvalue weighted by atomic mass is 16.5. The Labute approximate surface area is 166 Å². The third kappa shape index (κ3) is 5.43. The fourth-order valence-electron chi connectivity index (χ4n) is 3.26. The smallest absolute Gasteiger partial charge is 0.191 e. The quantitative estimate of drug-likeness (QED) is 0.495. The molecule has 0 aliphatic carbocycles. The van der Waals surface area contributed by atoms with Gasteiger partial charge in [0.15, 0.2) is 5.96 Å². The molecular weight excluding hydrogens is 354 g/mol. The van der Waals surface area contributed by atoms with Crippen LogP contribution < -0.4 is 15.5 Å². The number of hydrogen-bond acceptors (Lipinski definition) is 5. The first-order valence-electron chi connectivity index (χ1n) is 9.68. The van der Waals surface area contributed by atoms with Gasteiger partial charge in [-0.25, -0.2) is 4.98 Å². The summed E-state index contributed by atoms with van der Waals surface area (Å²) in [4.78, 5) is 11.1. The first-order valence-corrected chi connectivity index (χ1v) is 9.68. The molecule has 0 amide bonds. The van der Waals surface area contributed by atoms with Gasteiger partial charge in [0.2, 0.25) is 0 Å². The van der Waals surface area contributed by atoms with Crippen LogP contribution in [0.2, 0.25) is 0 Å². The number of nitrogens with one attached hydrogen (secondary N) is 2. The van der Waals surface area contributed by atoms with E-state index in [0.29, 0.717) is 19.0 Å². The molecule has 1 aliphatic heterocycles. The molecule has 7 nitrogen and oxygen atoms in total. The second kappa shape index (κ2) is 10.6. The van der Waals surface area contributed by atoms with E-state index in [1.54, 1.807) is 7.05 Å². The average Bonchev–Trinajstić information content (AvgIpc) is 2.78. The fraction of sp³-hybridized carbons (Fsp3) is 0.429. The van der Waals surface area contributed by atoms with E-state index in [-0.39, 0.29) is 12.5 Å². The maximum atomic E-state index is 9.73. The number of guanidine groups is 1. The van der Waals surface area contributed by atoms with Gasteiger partial charge in [-0.1, -0.05) is 36.4 Å². The summed E-state index contributed by atoms with van der Waals surface area (Å²) >= 11 is 0. The molecule has 0 radical (unpaired) electrons. The molecule has 0 saturated carbocycles. The molecule has 1 fully saturated rings. The molecule has 3 rings (SSSR count). The summed E-state index contributed by atoms with van der Waals surface area (Å²) in [5.41, 5.74) is 2.23. The van der Waals surface area contributed by atoms with Gasteiger partial charge in [-0.3, -0.25) is 4.99 Å². The van der Waals surface area contributed by atoms with Crippen molar-refractivity contribution in [1.29, 1.82) is 0 Å². The lowest BCUT2D eigenvalue weighted by Gasteiger charge is -2.29. The molecule has 1 unspecified atom stereocenters. The Bertz CT molecular complexity index is 747. The summed E-state index contributed by atoms with van der Waals surface area (Å²) in [6, 6.07) is 14.0. The number of anilines is 1. The number of nitrogens with zero attached hydrogens (tertiary/aromatic N) is 3. The second-order valence-corrected chi connectivity index (χ2v) is 6.68. The van der Waals surface area contributed by atoms with Gasteiger partial charge in [0.1, 0.15) is 5.82 Å². The number of pyridine rings is 1. The largest absolute Gasteiger partial charge is 0.396 e. The average molecular weight is 383 g/mol. The molecule has 0 bridgehead atoms. The standard InChI is InChI=1S/C21H29N5O2/c1-22-21(25-15-19(16-27)17-6-3-2-4-7-17)24-14-18-8-5-9-23-20(18)26-10-12-28-13-11-26/h2-9,19,27H,10-16H2,1H3,(H2,22,24,25). The first kappa shape index (κ1) is 20.1. The van der Waals surface area contributed by atoms with Gasteiger partial charge in [0.05, 0.1) is 19.8 Å². The molecule has 7 heteroatoms. The molecule has 1 aromatic heterocycles. The van der Waals surface area contributed by atoms with E-state index in [4.69, 9.17) is 4.74 Å². The molecule has 1 saturated heterocycles. The monoisotopic (exact) mass is 383 g/mol. The van der Waals surface area contributed by atoms with E-state index in [1.807, 2.05) is 42.6 Å². The van der Waals surface area contributed by atoms with Crippen molar-refractivity contribution in [1.82, 2.24) is 15.6 Å². The van der Waals surface area contributed by atoms with Gasteiger partial charge in [0, 0.05) is 50.9 Å². The van der Waals surface area contributed by atoms with Gasteiger partial charge in [-0.05, 0) is 11.6 Å². The Hall–Kier alpha value is -2.64. The van der Waals surface area contributed by atoms with E-state index < -0.39 is 0 Å². The molecule has 2 aromatic rings. The van der Waals surface area contributed by atoms with Crippen LogP contribution in [0.25, 0.3) is 0 Å². The minimum atomic E-state index is 0.0158. The Morgan fingerprint density at radius 1 is 1.18 bits per heavy atom. The lowest BCUT2D eigenvalue weighted by molar-refractivity contribution is 0.122. The molecule has 1 atom stereocenters. The third-order valence-electron chi connectivity index (χ3n) is 4.86. The van der Waals surface area contributed by atoms with Gasteiger partial charge in [0.25, 0.3) is 0 Å². The van der Waals surface area contributed by atoms with Crippen LogP contribution in [0.3, 0.4) is 0 Å². The minimum absolute atomic E-state index is 0.0158. The fourth-order valence-corrected chi connectivity index (χ4v) is 3.26. The molecule has 3 N–H and O–H groups in total. The van der Waals surface area contributed by atoms with Gasteiger partial charge < -0.3 is 25.4 Å². The summed E-state index contributed by atoms with van der Waals surface area (Å²) in [6.07, 6.45) is 1.83. The number of rotatable bonds is 7. The van der Waals surface area contributed by atoms with E-state index in [9.17, 15) is 5.11 Å². The van der Waals surface area contributed by atoms with Crippen molar-refractivity contribution in [3.8, 4) is 0 Å². The highest BCUT2D eigenvalue weighted by Crippen LogP contribution is 2.18. The number of hydrogen-bond donors (Lipinski definition) is 3. The highest BCUT2D eigenvalue weighted by molar-refractivity contribution is 5.79. The molecule has 1 aromatic carbocycles. The predicted molar refractivity (Wildman–Crippen MR) is 112 cm³/mol. The van der Waals surface area contributed by atoms with Gasteiger partial charge in [-0.15, -0.1) is 0 Å². The third-order valence-corrected chi connectivity index (χ3v) is 4.86. The van der Waals surface area contributed by atoms with E-state index in [0.717, 1.165) is 43.2 Å². The Morgan fingerprint density at radius 2 is 1.96 bits per heavy atom. The summed E-state index contributed by atoms with van der Waals surface area (Å²) in [5, 5.41) is 16.4. The zero-order valence-electron chi connectivity index (χ0n) is 16.3. The van der Waals surface area contributed by atoms with Crippen LogP contribution in [0.1, 0.15) is 17.0 Å². The summed E-state index contributed by atoms with van der Waals surface area (Å²) in [7, 11) is 1.75. The van der Waals surface area contributed by atoms with Crippen molar-refractivity contribution in [3.05, 3.63) is 59.8 Å². The van der Waals surface area contributed by atoms with Crippen molar-refractivity contribution in [2.24, 2.45) is 4.99 Å². The molecular formula is C21H29N5O2. The molecule has 1 aliphatic rings. The summed E-state index contributed by atoms with van der Waals surface area (Å²) in [6.45, 7) is 4.47. The molecule has 28 heavy (non-hydrogen) atoms. The lowest BCUT2D eigenvalue weighted by atomic mass is 10.0. The number of ether oxygens (including phenoxy) is 1. The molecule has 0 spiro atoms. The van der Waals surface area contributed by atoms with Crippen LogP contribution in [-0.2, 0) is 11.3 Å².